The van der Waals surface area contributed by atoms with Crippen LogP contribution in [-0.2, 0) is 16.1 Å². The number of para-hydroxylation sites is 1. The van der Waals surface area contributed by atoms with Crippen molar-refractivity contribution >= 4 is 23.4 Å². The molecule has 0 aliphatic carbocycles. The van der Waals surface area contributed by atoms with E-state index in [1.807, 2.05) is 41.0 Å². The molecule has 1 N–H and O–H groups in total. The molecule has 0 unspecified atom stereocenters. The van der Waals surface area contributed by atoms with Crippen molar-refractivity contribution in [3.63, 3.8) is 0 Å². The normalized spacial score (nSPS) is 10.8. The van der Waals surface area contributed by atoms with Crippen molar-refractivity contribution in [2.75, 3.05) is 24.8 Å². The number of carbonyl (C=O) groups is 1. The molecule has 7 nitrogen and oxygen atoms in total. The number of ether oxygens (including phenoxy) is 1. The van der Waals surface area contributed by atoms with Gasteiger partial charge in [-0.15, -0.1) is 10.2 Å². The quantitative estimate of drug-likeness (QED) is 0.624. The number of furan rings is 1. The molecule has 8 heteroatoms. The number of methoxy groups -OCH3 is 1. The molecule has 130 valence electrons. The van der Waals surface area contributed by atoms with E-state index in [-0.39, 0.29) is 11.7 Å². The summed E-state index contributed by atoms with van der Waals surface area (Å²) in [6, 6.07) is 11.2. The highest BCUT2D eigenvalue weighted by atomic mass is 32.2. The molecular formula is C17H18N4O3S. The molecule has 0 saturated carbocycles. The van der Waals surface area contributed by atoms with E-state index in [4.69, 9.17) is 9.15 Å². The van der Waals surface area contributed by atoms with Gasteiger partial charge in [0.05, 0.1) is 30.7 Å². The maximum absolute atomic E-state index is 12.1. The van der Waals surface area contributed by atoms with Crippen molar-refractivity contribution in [2.45, 2.75) is 11.7 Å². The summed E-state index contributed by atoms with van der Waals surface area (Å²) in [7, 11) is 1.64. The van der Waals surface area contributed by atoms with Gasteiger partial charge in [0, 0.05) is 12.8 Å². The Kier molecular flexibility index (Phi) is 5.86. The van der Waals surface area contributed by atoms with E-state index in [0.717, 1.165) is 11.3 Å². The second-order valence-electron chi connectivity index (χ2n) is 5.17. The predicted molar refractivity (Wildman–Crippen MR) is 95.4 cm³/mol. The van der Waals surface area contributed by atoms with Crippen LogP contribution in [0, 0.1) is 0 Å². The molecule has 0 saturated heterocycles. The number of nitrogens with one attached hydrogen (secondary N) is 1. The van der Waals surface area contributed by atoms with E-state index < -0.39 is 0 Å². The SMILES string of the molecule is COCCn1c(SCC(=O)Nc2ccccc2)nnc1-c1ccoc1. The zero-order valence-electron chi connectivity index (χ0n) is 13.7. The van der Waals surface area contributed by atoms with E-state index in [1.165, 1.54) is 11.8 Å². The minimum absolute atomic E-state index is 0.0950. The number of thioether (sulfide) groups is 1. The Hall–Kier alpha value is -2.58. The third-order valence-corrected chi connectivity index (χ3v) is 4.37. The molecule has 0 aliphatic rings. The topological polar surface area (TPSA) is 82.2 Å². The average Bonchev–Trinajstić information content (AvgIpc) is 3.28. The summed E-state index contributed by atoms with van der Waals surface area (Å²) in [5.74, 6) is 0.838. The number of nitrogens with zero attached hydrogens (tertiary/aromatic N) is 3. The van der Waals surface area contributed by atoms with Crippen LogP contribution in [0.4, 0.5) is 5.69 Å². The van der Waals surface area contributed by atoms with Gasteiger partial charge in [-0.25, -0.2) is 0 Å². The Morgan fingerprint density at radius 2 is 2.12 bits per heavy atom. The minimum atomic E-state index is -0.0950. The van der Waals surface area contributed by atoms with Crippen LogP contribution < -0.4 is 5.32 Å². The van der Waals surface area contributed by atoms with E-state index in [2.05, 4.69) is 15.5 Å². The summed E-state index contributed by atoms with van der Waals surface area (Å²) in [5, 5.41) is 11.9. The van der Waals surface area contributed by atoms with Crippen LogP contribution in [-0.4, -0.2) is 40.1 Å². The highest BCUT2D eigenvalue weighted by Gasteiger charge is 2.16. The predicted octanol–water partition coefficient (Wildman–Crippen LogP) is 2.92. The number of anilines is 1. The lowest BCUT2D eigenvalue weighted by Crippen LogP contribution is -2.15. The van der Waals surface area contributed by atoms with Crippen molar-refractivity contribution in [3.8, 4) is 11.4 Å². The van der Waals surface area contributed by atoms with Crippen LogP contribution in [0.15, 0.2) is 58.5 Å². The highest BCUT2D eigenvalue weighted by Crippen LogP contribution is 2.24. The molecule has 0 spiro atoms. The molecule has 1 amide bonds. The van der Waals surface area contributed by atoms with Crippen molar-refractivity contribution in [1.29, 1.82) is 0 Å². The summed E-state index contributed by atoms with van der Waals surface area (Å²) in [4.78, 5) is 12.1. The van der Waals surface area contributed by atoms with Crippen LogP contribution in [0.5, 0.6) is 0 Å². The van der Waals surface area contributed by atoms with Crippen molar-refractivity contribution < 1.29 is 13.9 Å². The molecule has 3 aromatic rings. The Morgan fingerprint density at radius 3 is 2.84 bits per heavy atom. The highest BCUT2D eigenvalue weighted by molar-refractivity contribution is 7.99. The van der Waals surface area contributed by atoms with Crippen LogP contribution in [0.2, 0.25) is 0 Å². The number of amides is 1. The standard InChI is InChI=1S/C17H18N4O3S/c1-23-10-8-21-16(13-7-9-24-11-13)19-20-17(21)25-12-15(22)18-14-5-3-2-4-6-14/h2-7,9,11H,8,10,12H2,1H3,(H,18,22). The van der Waals surface area contributed by atoms with Crippen LogP contribution >= 0.6 is 11.8 Å². The first-order valence-electron chi connectivity index (χ1n) is 7.70. The molecule has 0 bridgehead atoms. The van der Waals surface area contributed by atoms with E-state index in [9.17, 15) is 4.79 Å². The van der Waals surface area contributed by atoms with E-state index >= 15 is 0 Å². The maximum atomic E-state index is 12.1. The Labute approximate surface area is 149 Å². The first-order valence-corrected chi connectivity index (χ1v) is 8.69. The molecule has 0 radical (unpaired) electrons. The fourth-order valence-corrected chi connectivity index (χ4v) is 3.00. The second kappa shape index (κ2) is 8.50. The lowest BCUT2D eigenvalue weighted by atomic mass is 10.3. The van der Waals surface area contributed by atoms with Crippen LogP contribution in [0.25, 0.3) is 11.4 Å². The van der Waals surface area contributed by atoms with Gasteiger partial charge in [0.2, 0.25) is 5.91 Å². The molecule has 0 aliphatic heterocycles. The summed E-state index contributed by atoms with van der Waals surface area (Å²) < 4.78 is 12.2. The summed E-state index contributed by atoms with van der Waals surface area (Å²) in [6.07, 6.45) is 3.20. The smallest absolute Gasteiger partial charge is 0.234 e. The molecule has 2 aromatic heterocycles. The van der Waals surface area contributed by atoms with E-state index in [1.54, 1.807) is 19.6 Å². The summed E-state index contributed by atoms with van der Waals surface area (Å²) >= 11 is 1.33. The number of aromatic nitrogens is 3. The van der Waals surface area contributed by atoms with Crippen molar-refractivity contribution in [1.82, 2.24) is 14.8 Å². The summed E-state index contributed by atoms with van der Waals surface area (Å²) in [6.45, 7) is 1.11. The van der Waals surface area contributed by atoms with Crippen LogP contribution in [0.1, 0.15) is 0 Å². The largest absolute Gasteiger partial charge is 0.472 e. The fraction of sp³-hybridized carbons (Fsp3) is 0.235. The first kappa shape index (κ1) is 17.2. The first-order chi connectivity index (χ1) is 12.3. The van der Waals surface area contributed by atoms with E-state index in [0.29, 0.717) is 24.1 Å². The monoisotopic (exact) mass is 358 g/mol. The molecule has 1 aromatic carbocycles. The van der Waals surface area contributed by atoms with Gasteiger partial charge in [-0.1, -0.05) is 30.0 Å². The van der Waals surface area contributed by atoms with Gasteiger partial charge < -0.3 is 14.5 Å². The molecule has 25 heavy (non-hydrogen) atoms. The molecule has 2 heterocycles. The van der Waals surface area contributed by atoms with Gasteiger partial charge >= 0.3 is 0 Å². The molecule has 0 atom stereocenters. The number of hydrogen-bond acceptors (Lipinski definition) is 6. The van der Waals surface area contributed by atoms with Gasteiger partial charge in [-0.3, -0.25) is 9.36 Å². The number of carbonyl (C=O) groups excluding carboxylic acids is 1. The lowest BCUT2D eigenvalue weighted by molar-refractivity contribution is -0.113. The Morgan fingerprint density at radius 1 is 1.28 bits per heavy atom. The fourth-order valence-electron chi connectivity index (χ4n) is 2.23. The van der Waals surface area contributed by atoms with Crippen molar-refractivity contribution in [3.05, 3.63) is 48.9 Å². The molecule has 0 fully saturated rings. The lowest BCUT2D eigenvalue weighted by Gasteiger charge is -2.09. The molecule has 3 rings (SSSR count). The van der Waals surface area contributed by atoms with Gasteiger partial charge in [-0.2, -0.15) is 0 Å². The average molecular weight is 358 g/mol. The number of benzene rings is 1. The Balaban J connectivity index is 1.68. The van der Waals surface area contributed by atoms with Crippen LogP contribution in [0.3, 0.4) is 0 Å². The van der Waals surface area contributed by atoms with Gasteiger partial charge in [0.15, 0.2) is 11.0 Å². The summed E-state index contributed by atoms with van der Waals surface area (Å²) in [5.41, 5.74) is 1.61. The zero-order chi connectivity index (χ0) is 17.5. The maximum Gasteiger partial charge on any atom is 0.234 e. The third-order valence-electron chi connectivity index (χ3n) is 3.41. The van der Waals surface area contributed by atoms with Gasteiger partial charge in [0.1, 0.15) is 6.26 Å². The zero-order valence-corrected chi connectivity index (χ0v) is 14.5. The molecular weight excluding hydrogens is 340 g/mol. The van der Waals surface area contributed by atoms with Gasteiger partial charge in [0.25, 0.3) is 0 Å². The van der Waals surface area contributed by atoms with Crippen molar-refractivity contribution in [2.24, 2.45) is 0 Å². The second-order valence-corrected chi connectivity index (χ2v) is 6.11. The van der Waals surface area contributed by atoms with Gasteiger partial charge in [-0.05, 0) is 18.2 Å². The Bertz CT molecular complexity index is 803. The number of rotatable bonds is 8. The third kappa shape index (κ3) is 4.49. The number of hydrogen-bond donors (Lipinski definition) is 1. The minimum Gasteiger partial charge on any atom is -0.472 e.